The molecule has 3 aromatic heterocycles. The van der Waals surface area contributed by atoms with Crippen molar-refractivity contribution in [2.24, 2.45) is 0 Å². The average molecular weight is 341 g/mol. The number of aliphatic hydroxyl groups is 1. The monoisotopic (exact) mass is 340 g/mol. The van der Waals surface area contributed by atoms with E-state index in [4.69, 9.17) is 21.4 Å². The molecule has 3 aromatic rings. The van der Waals surface area contributed by atoms with Gasteiger partial charge in [-0.15, -0.1) is 11.3 Å². The number of fused-ring (bicyclic) bond motifs is 1. The molecular weight excluding hydrogens is 328 g/mol. The second kappa shape index (κ2) is 6.86. The van der Waals surface area contributed by atoms with E-state index < -0.39 is 0 Å². The van der Waals surface area contributed by atoms with Crippen molar-refractivity contribution >= 4 is 39.9 Å². The smallest absolute Gasteiger partial charge is 0.295 e. The zero-order chi connectivity index (χ0) is 15.4. The molecule has 0 saturated heterocycles. The van der Waals surface area contributed by atoms with Crippen LogP contribution in [0.3, 0.4) is 0 Å². The molecule has 22 heavy (non-hydrogen) atoms. The van der Waals surface area contributed by atoms with Gasteiger partial charge in [-0.05, 0) is 11.6 Å². The van der Waals surface area contributed by atoms with Gasteiger partial charge in [0.05, 0.1) is 13.2 Å². The van der Waals surface area contributed by atoms with Gasteiger partial charge in [-0.2, -0.15) is 15.0 Å². The van der Waals surface area contributed by atoms with E-state index in [9.17, 15) is 0 Å². The van der Waals surface area contributed by atoms with Crippen molar-refractivity contribution in [3.63, 3.8) is 0 Å². The predicted octanol–water partition coefficient (Wildman–Crippen LogP) is 1.84. The molecule has 3 N–H and O–H groups in total. The topological polar surface area (TPSA) is 109 Å². The lowest BCUT2D eigenvalue weighted by atomic mass is 10.5. The summed E-state index contributed by atoms with van der Waals surface area (Å²) in [6, 6.07) is 0.317. The number of rotatable bonds is 7. The second-order valence-corrected chi connectivity index (χ2v) is 5.60. The average Bonchev–Trinajstić information content (AvgIpc) is 3.14. The summed E-state index contributed by atoms with van der Waals surface area (Å²) in [7, 11) is 0. The number of imidazole rings is 1. The van der Waals surface area contributed by atoms with Crippen molar-refractivity contribution in [2.75, 3.05) is 18.5 Å². The Bertz CT molecular complexity index is 747. The molecule has 0 amide bonds. The van der Waals surface area contributed by atoms with E-state index in [0.29, 0.717) is 42.6 Å². The minimum Gasteiger partial charge on any atom is -0.465 e. The third kappa shape index (κ3) is 3.43. The summed E-state index contributed by atoms with van der Waals surface area (Å²) in [6.45, 7) is 0.944. The fraction of sp³-hybridized carbons (Fsp3) is 0.333. The largest absolute Gasteiger partial charge is 0.465 e. The van der Waals surface area contributed by atoms with Crippen LogP contribution in [-0.2, 0) is 6.54 Å². The molecule has 0 aromatic carbocycles. The number of aliphatic hydroxyl groups excluding tert-OH is 1. The summed E-state index contributed by atoms with van der Waals surface area (Å²) in [5.74, 6) is 0.512. The molecule has 0 aliphatic rings. The zero-order valence-corrected chi connectivity index (χ0v) is 13.0. The van der Waals surface area contributed by atoms with E-state index in [-0.39, 0.29) is 11.9 Å². The Kier molecular flexibility index (Phi) is 4.66. The molecule has 0 fully saturated rings. The van der Waals surface area contributed by atoms with Crippen molar-refractivity contribution in [2.45, 2.75) is 13.0 Å². The van der Waals surface area contributed by atoms with E-state index in [1.165, 1.54) is 0 Å². The van der Waals surface area contributed by atoms with Crippen molar-refractivity contribution in [3.05, 3.63) is 21.9 Å². The van der Waals surface area contributed by atoms with Crippen molar-refractivity contribution in [1.82, 2.24) is 24.9 Å². The molecule has 10 heteroatoms. The van der Waals surface area contributed by atoms with Crippen LogP contribution in [0.2, 0.25) is 5.28 Å². The Balaban J connectivity index is 1.81. The summed E-state index contributed by atoms with van der Waals surface area (Å²) in [4.78, 5) is 19.7. The van der Waals surface area contributed by atoms with E-state index in [0.717, 1.165) is 5.01 Å². The number of halogens is 1. The maximum Gasteiger partial charge on any atom is 0.295 e. The van der Waals surface area contributed by atoms with Crippen LogP contribution in [-0.4, -0.2) is 43.2 Å². The number of H-pyrrole nitrogens is 1. The number of hydrogen-bond acceptors (Lipinski definition) is 8. The number of nitrogens with one attached hydrogen (secondary N) is 2. The maximum absolute atomic E-state index is 8.76. The van der Waals surface area contributed by atoms with Gasteiger partial charge in [0.2, 0.25) is 5.28 Å². The lowest BCUT2D eigenvalue weighted by Crippen LogP contribution is -2.03. The van der Waals surface area contributed by atoms with Crippen LogP contribution < -0.4 is 10.1 Å². The van der Waals surface area contributed by atoms with Crippen molar-refractivity contribution < 1.29 is 9.84 Å². The predicted molar refractivity (Wildman–Crippen MR) is 83.3 cm³/mol. The van der Waals surface area contributed by atoms with Gasteiger partial charge < -0.3 is 15.2 Å². The molecule has 3 rings (SSSR count). The molecule has 0 radical (unpaired) electrons. The maximum atomic E-state index is 8.76. The van der Waals surface area contributed by atoms with Crippen LogP contribution in [0.1, 0.15) is 11.4 Å². The summed E-state index contributed by atoms with van der Waals surface area (Å²) >= 11 is 7.47. The number of thiazole rings is 1. The molecule has 0 saturated carbocycles. The fourth-order valence-electron chi connectivity index (χ4n) is 1.78. The summed E-state index contributed by atoms with van der Waals surface area (Å²) < 4.78 is 5.40. The molecule has 116 valence electrons. The lowest BCUT2D eigenvalue weighted by Gasteiger charge is -2.03. The van der Waals surface area contributed by atoms with Crippen LogP contribution in [0.4, 0.5) is 5.82 Å². The van der Waals surface area contributed by atoms with Gasteiger partial charge in [0.15, 0.2) is 17.0 Å². The Hall–Kier alpha value is -1.97. The molecule has 3 heterocycles. The lowest BCUT2D eigenvalue weighted by molar-refractivity contribution is 0.225. The highest BCUT2D eigenvalue weighted by Crippen LogP contribution is 2.23. The summed E-state index contributed by atoms with van der Waals surface area (Å²) in [6.07, 6.45) is 2.27. The first-order valence-electron chi connectivity index (χ1n) is 6.55. The van der Waals surface area contributed by atoms with Crippen LogP contribution in [0, 0.1) is 0 Å². The Labute approximate surface area is 134 Å². The second-order valence-electron chi connectivity index (χ2n) is 4.29. The number of anilines is 1. The summed E-state index contributed by atoms with van der Waals surface area (Å²) in [5, 5.41) is 14.8. The van der Waals surface area contributed by atoms with Gasteiger partial charge >= 0.3 is 0 Å². The highest BCUT2D eigenvalue weighted by Gasteiger charge is 2.13. The van der Waals surface area contributed by atoms with Crippen LogP contribution in [0.25, 0.3) is 11.2 Å². The van der Waals surface area contributed by atoms with E-state index in [1.807, 2.05) is 5.38 Å². The standard InChI is InChI=1S/C12H13ClN6O2S/c13-11-17-9(15-6-7-14-2-5-22-7)8-10(18-11)19-12(16-8)21-4-1-3-20/h2,5,20H,1,3-4,6H2,(H2,15,16,17,18,19). The van der Waals surface area contributed by atoms with Gasteiger partial charge in [0.1, 0.15) is 5.01 Å². The molecule has 0 atom stereocenters. The molecule has 0 aliphatic carbocycles. The molecule has 0 bridgehead atoms. The highest BCUT2D eigenvalue weighted by atomic mass is 35.5. The molecular formula is C12H13ClN6O2S. The quantitative estimate of drug-likeness (QED) is 0.444. The van der Waals surface area contributed by atoms with Crippen LogP contribution in [0.5, 0.6) is 6.01 Å². The fourth-order valence-corrected chi connectivity index (χ4v) is 2.50. The third-order valence-electron chi connectivity index (χ3n) is 2.73. The Morgan fingerprint density at radius 2 is 2.27 bits per heavy atom. The van der Waals surface area contributed by atoms with E-state index in [2.05, 4.69) is 30.2 Å². The highest BCUT2D eigenvalue weighted by molar-refractivity contribution is 7.09. The minimum absolute atomic E-state index is 0.0620. The van der Waals surface area contributed by atoms with Crippen LogP contribution in [0.15, 0.2) is 11.6 Å². The Morgan fingerprint density at radius 1 is 1.36 bits per heavy atom. The Morgan fingerprint density at radius 3 is 3.05 bits per heavy atom. The van der Waals surface area contributed by atoms with Gasteiger partial charge in [0, 0.05) is 24.6 Å². The number of aromatic amines is 1. The zero-order valence-electron chi connectivity index (χ0n) is 11.4. The van der Waals surface area contributed by atoms with Crippen molar-refractivity contribution in [3.8, 4) is 6.01 Å². The van der Waals surface area contributed by atoms with Gasteiger partial charge in [-0.3, -0.25) is 4.98 Å². The SMILES string of the molecule is OCCCOc1nc2c(NCc3nccs3)nc(Cl)nc2[nH]1. The molecule has 0 spiro atoms. The summed E-state index contributed by atoms with van der Waals surface area (Å²) in [5.41, 5.74) is 1.03. The normalized spacial score (nSPS) is 11.0. The molecule has 8 nitrogen and oxygen atoms in total. The first-order valence-corrected chi connectivity index (χ1v) is 7.81. The van der Waals surface area contributed by atoms with Crippen LogP contribution >= 0.6 is 22.9 Å². The van der Waals surface area contributed by atoms with Gasteiger partial charge in [-0.1, -0.05) is 0 Å². The first kappa shape index (κ1) is 14.9. The molecule has 0 aliphatic heterocycles. The van der Waals surface area contributed by atoms with Crippen molar-refractivity contribution in [1.29, 1.82) is 0 Å². The third-order valence-corrected chi connectivity index (χ3v) is 3.68. The number of nitrogens with zero attached hydrogens (tertiary/aromatic N) is 4. The van der Waals surface area contributed by atoms with Gasteiger partial charge in [-0.25, -0.2) is 4.98 Å². The van der Waals surface area contributed by atoms with Gasteiger partial charge in [0.25, 0.3) is 6.01 Å². The number of ether oxygens (including phenoxy) is 1. The first-order chi connectivity index (χ1) is 10.8. The molecule has 0 unspecified atom stereocenters. The minimum atomic E-state index is 0.0620. The number of aromatic nitrogens is 5. The number of hydrogen-bond donors (Lipinski definition) is 3. The van der Waals surface area contributed by atoms with E-state index in [1.54, 1.807) is 17.5 Å². The van der Waals surface area contributed by atoms with E-state index >= 15 is 0 Å².